The third-order valence-corrected chi connectivity index (χ3v) is 3.96. The molecule has 1 heterocycles. The number of benzene rings is 1. The first-order valence-electron chi connectivity index (χ1n) is 5.84. The van der Waals surface area contributed by atoms with E-state index in [-0.39, 0.29) is 12.4 Å². The van der Waals surface area contributed by atoms with Crippen LogP contribution in [0.15, 0.2) is 36.9 Å². The average Bonchev–Trinajstić information content (AvgIpc) is 2.72. The molecule has 0 amide bonds. The number of hydrogen-bond acceptors (Lipinski definition) is 1. The van der Waals surface area contributed by atoms with E-state index < -0.39 is 0 Å². The van der Waals surface area contributed by atoms with Gasteiger partial charge in [0.2, 0.25) is 0 Å². The third-order valence-electron chi connectivity index (χ3n) is 3.96. The molecule has 0 saturated carbocycles. The van der Waals surface area contributed by atoms with Crippen LogP contribution in [0.25, 0.3) is 0 Å². The van der Waals surface area contributed by atoms with Gasteiger partial charge in [0.25, 0.3) is 0 Å². The molecule has 0 bridgehead atoms. The molecular weight excluding hydrogens is 218 g/mol. The van der Waals surface area contributed by atoms with E-state index in [1.807, 2.05) is 0 Å². The summed E-state index contributed by atoms with van der Waals surface area (Å²) >= 11 is 0. The number of rotatable bonds is 1. The van der Waals surface area contributed by atoms with Crippen LogP contribution < -0.4 is 5.32 Å². The lowest BCUT2D eigenvalue weighted by Gasteiger charge is -2.29. The Balaban J connectivity index is 0.000000963. The minimum atomic E-state index is 0. The van der Waals surface area contributed by atoms with E-state index in [1.165, 1.54) is 12.8 Å². The maximum Gasteiger partial charge on any atom is 0.0319 e. The lowest BCUT2D eigenvalue weighted by molar-refractivity contribution is 0.436. The molecule has 16 heavy (non-hydrogen) atoms. The van der Waals surface area contributed by atoms with Crippen molar-refractivity contribution in [1.29, 1.82) is 0 Å². The lowest BCUT2D eigenvalue weighted by atomic mass is 9.74. The highest BCUT2D eigenvalue weighted by Crippen LogP contribution is 2.41. The number of nitrogens with one attached hydrogen (secondary N) is 1. The van der Waals surface area contributed by atoms with Crippen LogP contribution in [-0.2, 0) is 6.42 Å². The molecule has 3 rings (SSSR count). The van der Waals surface area contributed by atoms with Crippen molar-refractivity contribution in [2.24, 2.45) is 5.92 Å². The van der Waals surface area contributed by atoms with E-state index in [4.69, 9.17) is 0 Å². The van der Waals surface area contributed by atoms with Crippen LogP contribution in [0.3, 0.4) is 0 Å². The smallest absolute Gasteiger partial charge is 0.0319 e. The Bertz CT molecular complexity index is 388. The number of fused-ring (bicyclic) bond motifs is 3. The van der Waals surface area contributed by atoms with Crippen molar-refractivity contribution in [3.8, 4) is 0 Å². The molecule has 2 aliphatic rings. The van der Waals surface area contributed by atoms with Gasteiger partial charge in [-0.2, -0.15) is 0 Å². The van der Waals surface area contributed by atoms with Gasteiger partial charge in [-0.3, -0.25) is 0 Å². The van der Waals surface area contributed by atoms with Crippen LogP contribution >= 0.6 is 12.4 Å². The van der Waals surface area contributed by atoms with Crippen LogP contribution in [0, 0.1) is 5.92 Å². The summed E-state index contributed by atoms with van der Waals surface area (Å²) in [6.07, 6.45) is 4.66. The maximum atomic E-state index is 3.94. The van der Waals surface area contributed by atoms with E-state index in [0.29, 0.717) is 12.0 Å². The van der Waals surface area contributed by atoms with Crippen molar-refractivity contribution in [3.63, 3.8) is 0 Å². The van der Waals surface area contributed by atoms with Gasteiger partial charge in [0.15, 0.2) is 0 Å². The van der Waals surface area contributed by atoms with Crippen molar-refractivity contribution in [2.75, 3.05) is 6.54 Å². The molecule has 86 valence electrons. The Labute approximate surface area is 103 Å². The first-order chi connectivity index (χ1) is 7.40. The molecule has 3 unspecified atom stereocenters. The van der Waals surface area contributed by atoms with Gasteiger partial charge >= 0.3 is 0 Å². The van der Waals surface area contributed by atoms with Gasteiger partial charge in [-0.1, -0.05) is 30.3 Å². The summed E-state index contributed by atoms with van der Waals surface area (Å²) in [7, 11) is 0. The molecule has 1 aromatic carbocycles. The second-order valence-corrected chi connectivity index (χ2v) is 4.69. The molecule has 2 heteroatoms. The van der Waals surface area contributed by atoms with Crippen molar-refractivity contribution in [2.45, 2.75) is 24.8 Å². The molecule has 1 aliphatic heterocycles. The molecule has 1 saturated heterocycles. The summed E-state index contributed by atoms with van der Waals surface area (Å²) in [5, 5.41) is 3.57. The Morgan fingerprint density at radius 3 is 2.94 bits per heavy atom. The normalized spacial score (nSPS) is 31.1. The number of halogens is 1. The molecule has 1 aliphatic carbocycles. The van der Waals surface area contributed by atoms with Gasteiger partial charge < -0.3 is 5.32 Å². The molecular formula is C14H18ClN. The summed E-state index contributed by atoms with van der Waals surface area (Å²) in [6.45, 7) is 5.11. The van der Waals surface area contributed by atoms with Crippen LogP contribution in [-0.4, -0.2) is 12.6 Å². The van der Waals surface area contributed by atoms with Crippen molar-refractivity contribution in [1.82, 2.24) is 5.32 Å². The largest absolute Gasteiger partial charge is 0.310 e. The highest BCUT2D eigenvalue weighted by molar-refractivity contribution is 5.85. The minimum absolute atomic E-state index is 0. The summed E-state index contributed by atoms with van der Waals surface area (Å²) < 4.78 is 0. The second-order valence-electron chi connectivity index (χ2n) is 4.69. The predicted octanol–water partition coefficient (Wildman–Crippen LogP) is 2.91. The van der Waals surface area contributed by atoms with E-state index >= 15 is 0 Å². The molecule has 1 nitrogen and oxygen atoms in total. The van der Waals surface area contributed by atoms with Gasteiger partial charge in [-0.15, -0.1) is 19.0 Å². The van der Waals surface area contributed by atoms with E-state index in [1.54, 1.807) is 11.1 Å². The molecule has 0 aromatic heterocycles. The van der Waals surface area contributed by atoms with E-state index in [9.17, 15) is 0 Å². The number of aryl methyl sites for hydroxylation is 1. The zero-order valence-electron chi connectivity index (χ0n) is 9.36. The van der Waals surface area contributed by atoms with Crippen LogP contribution in [0.2, 0.25) is 0 Å². The predicted molar refractivity (Wildman–Crippen MR) is 70.2 cm³/mol. The fraction of sp³-hybridized carbons (Fsp3) is 0.429. The minimum Gasteiger partial charge on any atom is -0.310 e. The van der Waals surface area contributed by atoms with Crippen LogP contribution in [0.4, 0.5) is 0 Å². The van der Waals surface area contributed by atoms with Crippen LogP contribution in [0.5, 0.6) is 0 Å². The first-order valence-corrected chi connectivity index (χ1v) is 5.84. The van der Waals surface area contributed by atoms with Crippen molar-refractivity contribution < 1.29 is 0 Å². The molecule has 3 atom stereocenters. The first kappa shape index (κ1) is 11.7. The highest BCUT2D eigenvalue weighted by atomic mass is 35.5. The molecule has 1 fully saturated rings. The van der Waals surface area contributed by atoms with Crippen molar-refractivity contribution in [3.05, 3.63) is 48.0 Å². The Kier molecular flexibility index (Phi) is 3.36. The molecule has 1 N–H and O–H groups in total. The summed E-state index contributed by atoms with van der Waals surface area (Å²) in [5.74, 6) is 1.50. The monoisotopic (exact) mass is 235 g/mol. The quantitative estimate of drug-likeness (QED) is 0.739. The SMILES string of the molecule is C=CC1NCC2CCc3ccccc3C21.Cl. The lowest BCUT2D eigenvalue weighted by Crippen LogP contribution is -2.25. The van der Waals surface area contributed by atoms with E-state index in [0.717, 1.165) is 12.5 Å². The Morgan fingerprint density at radius 1 is 1.31 bits per heavy atom. The highest BCUT2D eigenvalue weighted by Gasteiger charge is 2.38. The van der Waals surface area contributed by atoms with Gasteiger partial charge in [0.1, 0.15) is 0 Å². The Morgan fingerprint density at radius 2 is 2.12 bits per heavy atom. The van der Waals surface area contributed by atoms with Gasteiger partial charge in [0.05, 0.1) is 0 Å². The average molecular weight is 236 g/mol. The van der Waals surface area contributed by atoms with Gasteiger partial charge in [-0.25, -0.2) is 0 Å². The topological polar surface area (TPSA) is 12.0 Å². The zero-order valence-corrected chi connectivity index (χ0v) is 10.2. The van der Waals surface area contributed by atoms with Crippen molar-refractivity contribution >= 4 is 12.4 Å². The fourth-order valence-corrected chi connectivity index (χ4v) is 3.22. The zero-order chi connectivity index (χ0) is 10.3. The summed E-state index contributed by atoms with van der Waals surface area (Å²) in [6, 6.07) is 9.39. The molecule has 1 aromatic rings. The number of hydrogen-bond donors (Lipinski definition) is 1. The van der Waals surface area contributed by atoms with Gasteiger partial charge in [-0.05, 0) is 36.4 Å². The Hall–Kier alpha value is -0.790. The fourth-order valence-electron chi connectivity index (χ4n) is 3.22. The molecule has 0 radical (unpaired) electrons. The third kappa shape index (κ3) is 1.68. The summed E-state index contributed by atoms with van der Waals surface area (Å²) in [5.41, 5.74) is 3.11. The van der Waals surface area contributed by atoms with E-state index in [2.05, 4.69) is 42.2 Å². The summed E-state index contributed by atoms with van der Waals surface area (Å²) in [4.78, 5) is 0. The van der Waals surface area contributed by atoms with Crippen LogP contribution in [0.1, 0.15) is 23.5 Å². The second kappa shape index (κ2) is 4.60. The maximum absolute atomic E-state index is 3.94. The standard InChI is InChI=1S/C14H17N.ClH/c1-2-13-14-11(9-15-13)8-7-10-5-3-4-6-12(10)14;/h2-6,11,13-15H,1,7-9H2;1H. The van der Waals surface area contributed by atoms with Gasteiger partial charge in [0, 0.05) is 12.0 Å². The molecule has 0 spiro atoms.